The number of aromatic nitrogens is 5. The molecule has 1 fully saturated rings. The number of nitrogens with one attached hydrogen (secondary N) is 1. The average Bonchev–Trinajstić information content (AvgIpc) is 3.26. The van der Waals surface area contributed by atoms with Crippen molar-refractivity contribution in [1.29, 1.82) is 0 Å². The van der Waals surface area contributed by atoms with Crippen molar-refractivity contribution >= 4 is 6.03 Å². The van der Waals surface area contributed by atoms with E-state index in [4.69, 9.17) is 0 Å². The van der Waals surface area contributed by atoms with E-state index < -0.39 is 0 Å². The van der Waals surface area contributed by atoms with Crippen LogP contribution in [0.4, 0.5) is 4.79 Å². The molecular formula is C17H27N7O. The van der Waals surface area contributed by atoms with Crippen LogP contribution in [0.25, 0.3) is 0 Å². The molecule has 0 aromatic carbocycles. The molecule has 8 heteroatoms. The average molecular weight is 345 g/mol. The van der Waals surface area contributed by atoms with Crippen LogP contribution < -0.4 is 5.32 Å². The van der Waals surface area contributed by atoms with E-state index in [2.05, 4.69) is 40.5 Å². The molecule has 0 saturated carbocycles. The first-order valence-electron chi connectivity index (χ1n) is 8.85. The number of urea groups is 1. The highest BCUT2D eigenvalue weighted by atomic mass is 16.2. The van der Waals surface area contributed by atoms with Crippen molar-refractivity contribution < 1.29 is 4.79 Å². The third-order valence-electron chi connectivity index (χ3n) is 4.75. The van der Waals surface area contributed by atoms with Gasteiger partial charge in [0.25, 0.3) is 0 Å². The fourth-order valence-electron chi connectivity index (χ4n) is 3.45. The number of likely N-dealkylation sites (tertiary alicyclic amines) is 1. The smallest absolute Gasteiger partial charge is 0.318 e. The summed E-state index contributed by atoms with van der Waals surface area (Å²) in [6.07, 6.45) is 3.60. The van der Waals surface area contributed by atoms with Crippen LogP contribution in [0.2, 0.25) is 0 Å². The molecule has 25 heavy (non-hydrogen) atoms. The Bertz CT molecular complexity index is 735. The Labute approximate surface area is 148 Å². The Morgan fingerprint density at radius 1 is 1.44 bits per heavy atom. The lowest BCUT2D eigenvalue weighted by molar-refractivity contribution is 0.188. The summed E-state index contributed by atoms with van der Waals surface area (Å²) in [5.41, 5.74) is 2.18. The van der Waals surface area contributed by atoms with Crippen LogP contribution in [0.1, 0.15) is 43.0 Å². The number of rotatable bonds is 5. The van der Waals surface area contributed by atoms with Crippen LogP contribution >= 0.6 is 0 Å². The second kappa shape index (κ2) is 7.25. The highest BCUT2D eigenvalue weighted by Gasteiger charge is 2.32. The maximum absolute atomic E-state index is 12.6. The number of amides is 2. The van der Waals surface area contributed by atoms with Gasteiger partial charge in [-0.05, 0) is 38.7 Å². The molecule has 0 radical (unpaired) electrons. The molecule has 1 aliphatic rings. The van der Waals surface area contributed by atoms with Gasteiger partial charge in [-0.15, -0.1) is 10.2 Å². The van der Waals surface area contributed by atoms with E-state index >= 15 is 0 Å². The van der Waals surface area contributed by atoms with Gasteiger partial charge in [0, 0.05) is 32.4 Å². The molecule has 2 amide bonds. The summed E-state index contributed by atoms with van der Waals surface area (Å²) in [6.45, 7) is 8.36. The third kappa shape index (κ3) is 3.83. The van der Waals surface area contributed by atoms with Gasteiger partial charge in [-0.2, -0.15) is 5.10 Å². The van der Waals surface area contributed by atoms with Crippen LogP contribution in [0, 0.1) is 19.8 Å². The van der Waals surface area contributed by atoms with Gasteiger partial charge in [0.15, 0.2) is 5.82 Å². The van der Waals surface area contributed by atoms with Crippen molar-refractivity contribution in [2.45, 2.75) is 46.2 Å². The van der Waals surface area contributed by atoms with Gasteiger partial charge in [-0.1, -0.05) is 6.92 Å². The van der Waals surface area contributed by atoms with Crippen molar-refractivity contribution in [3.63, 3.8) is 0 Å². The lowest BCUT2D eigenvalue weighted by atomic mass is 10.2. The summed E-state index contributed by atoms with van der Waals surface area (Å²) in [7, 11) is 1.92. The number of carbonyl (C=O) groups is 1. The Kier molecular flexibility index (Phi) is 5.06. The zero-order chi connectivity index (χ0) is 18.0. The lowest BCUT2D eigenvalue weighted by Gasteiger charge is -2.25. The topological polar surface area (TPSA) is 80.9 Å². The molecule has 2 aromatic rings. The number of nitrogens with zero attached hydrogens (tertiary/aromatic N) is 6. The van der Waals surface area contributed by atoms with Gasteiger partial charge in [0.2, 0.25) is 0 Å². The summed E-state index contributed by atoms with van der Waals surface area (Å²) >= 11 is 0. The van der Waals surface area contributed by atoms with Crippen molar-refractivity contribution in [2.75, 3.05) is 13.1 Å². The third-order valence-corrected chi connectivity index (χ3v) is 4.75. The van der Waals surface area contributed by atoms with Gasteiger partial charge in [0.05, 0.1) is 11.7 Å². The lowest BCUT2D eigenvalue weighted by Crippen LogP contribution is -2.42. The molecule has 8 nitrogen and oxygen atoms in total. The van der Waals surface area contributed by atoms with Crippen molar-refractivity contribution in [3.05, 3.63) is 29.6 Å². The molecule has 3 rings (SSSR count). The second-order valence-electron chi connectivity index (χ2n) is 7.05. The van der Waals surface area contributed by atoms with E-state index in [0.717, 1.165) is 43.1 Å². The largest absolute Gasteiger partial charge is 0.338 e. The highest BCUT2D eigenvalue weighted by Crippen LogP contribution is 2.30. The number of aryl methyl sites for hydroxylation is 3. The number of carbonyl (C=O) groups excluding carboxylic acids is 1. The van der Waals surface area contributed by atoms with Crippen LogP contribution in [0.5, 0.6) is 0 Å². The van der Waals surface area contributed by atoms with Crippen LogP contribution in [0.3, 0.4) is 0 Å². The standard InChI is InChI=1S/C17H27N7O/c1-12(10-24-14(3)8-13(2)21-24)9-18-17(25)23-7-5-6-15(23)16-20-19-11-22(16)4/h8,11-12,15H,5-7,9-10H2,1-4H3,(H,18,25)/t12-,15-/m0/s1. The molecule has 0 unspecified atom stereocenters. The first-order chi connectivity index (χ1) is 12.0. The van der Waals surface area contributed by atoms with Gasteiger partial charge in [-0.25, -0.2) is 4.79 Å². The molecule has 0 spiro atoms. The van der Waals surface area contributed by atoms with Crippen LogP contribution in [0.15, 0.2) is 12.4 Å². The van der Waals surface area contributed by atoms with E-state index in [0.29, 0.717) is 12.5 Å². The van der Waals surface area contributed by atoms with E-state index in [1.807, 2.05) is 28.1 Å². The first-order valence-corrected chi connectivity index (χ1v) is 8.85. The Hall–Kier alpha value is -2.38. The van der Waals surface area contributed by atoms with Gasteiger partial charge in [0.1, 0.15) is 6.33 Å². The minimum Gasteiger partial charge on any atom is -0.338 e. The SMILES string of the molecule is Cc1cc(C)n(C[C@@H](C)CNC(=O)N2CCC[C@H]2c2nncn2C)n1. The molecule has 0 bridgehead atoms. The van der Waals surface area contributed by atoms with Gasteiger partial charge in [-0.3, -0.25) is 4.68 Å². The maximum Gasteiger partial charge on any atom is 0.318 e. The number of hydrogen-bond donors (Lipinski definition) is 1. The molecule has 1 saturated heterocycles. The molecule has 1 aliphatic heterocycles. The predicted octanol–water partition coefficient (Wildman–Crippen LogP) is 1.81. The molecule has 3 heterocycles. The van der Waals surface area contributed by atoms with E-state index in [-0.39, 0.29) is 12.1 Å². The predicted molar refractivity (Wildman–Crippen MR) is 93.9 cm³/mol. The van der Waals surface area contributed by atoms with Gasteiger partial charge < -0.3 is 14.8 Å². The highest BCUT2D eigenvalue weighted by molar-refractivity contribution is 5.75. The fourth-order valence-corrected chi connectivity index (χ4v) is 3.45. The summed E-state index contributed by atoms with van der Waals surface area (Å²) in [4.78, 5) is 14.5. The zero-order valence-corrected chi connectivity index (χ0v) is 15.4. The molecular weight excluding hydrogens is 318 g/mol. The molecule has 1 N–H and O–H groups in total. The Balaban J connectivity index is 1.55. The normalized spacial score (nSPS) is 18.6. The minimum atomic E-state index is -0.0225. The first kappa shape index (κ1) is 17.4. The Morgan fingerprint density at radius 2 is 2.24 bits per heavy atom. The maximum atomic E-state index is 12.6. The van der Waals surface area contributed by atoms with Crippen LogP contribution in [-0.2, 0) is 13.6 Å². The fraction of sp³-hybridized carbons (Fsp3) is 0.647. The van der Waals surface area contributed by atoms with Crippen molar-refractivity contribution in [3.8, 4) is 0 Å². The summed E-state index contributed by atoms with van der Waals surface area (Å²) in [5.74, 6) is 1.15. The summed E-state index contributed by atoms with van der Waals surface area (Å²) in [5, 5.41) is 15.7. The molecule has 2 aromatic heterocycles. The van der Waals surface area contributed by atoms with E-state index in [1.54, 1.807) is 6.33 Å². The minimum absolute atomic E-state index is 0.0128. The summed E-state index contributed by atoms with van der Waals surface area (Å²) in [6, 6.07) is 2.06. The summed E-state index contributed by atoms with van der Waals surface area (Å²) < 4.78 is 3.89. The number of hydrogen-bond acceptors (Lipinski definition) is 4. The molecule has 136 valence electrons. The van der Waals surface area contributed by atoms with Crippen molar-refractivity contribution in [1.82, 2.24) is 34.8 Å². The molecule has 0 aliphatic carbocycles. The van der Waals surface area contributed by atoms with E-state index in [1.165, 1.54) is 0 Å². The molecule has 2 atom stereocenters. The second-order valence-corrected chi connectivity index (χ2v) is 7.05. The Morgan fingerprint density at radius 3 is 2.88 bits per heavy atom. The monoisotopic (exact) mass is 345 g/mol. The van der Waals surface area contributed by atoms with Gasteiger partial charge >= 0.3 is 6.03 Å². The zero-order valence-electron chi connectivity index (χ0n) is 15.4. The quantitative estimate of drug-likeness (QED) is 0.896. The van der Waals surface area contributed by atoms with E-state index in [9.17, 15) is 4.79 Å². The van der Waals surface area contributed by atoms with Crippen LogP contribution in [-0.4, -0.2) is 48.6 Å². The van der Waals surface area contributed by atoms with Crippen molar-refractivity contribution in [2.24, 2.45) is 13.0 Å².